The molecule has 1 saturated heterocycles. The second-order valence-corrected chi connectivity index (χ2v) is 6.98. The van der Waals surface area contributed by atoms with Crippen LogP contribution in [0, 0.1) is 0 Å². The average Bonchev–Trinajstić information content (AvgIpc) is 3.27. The number of piperidine rings is 1. The molecule has 2 aromatic heterocycles. The Kier molecular flexibility index (Phi) is 4.89. The van der Waals surface area contributed by atoms with Crippen molar-refractivity contribution in [3.05, 3.63) is 58.8 Å². The van der Waals surface area contributed by atoms with Crippen molar-refractivity contribution in [1.29, 1.82) is 0 Å². The number of hydrogen-bond donors (Lipinski definition) is 0. The van der Waals surface area contributed by atoms with Gasteiger partial charge < -0.3 is 0 Å². The lowest BCUT2D eigenvalue weighted by Gasteiger charge is -2.31. The largest absolute Gasteiger partial charge is 0.350 e. The fourth-order valence-electron chi connectivity index (χ4n) is 3.79. The first-order valence-electron chi connectivity index (χ1n) is 9.47. The van der Waals surface area contributed by atoms with Crippen LogP contribution in [-0.2, 0) is 20.1 Å². The van der Waals surface area contributed by atoms with Gasteiger partial charge in [0.1, 0.15) is 18.0 Å². The van der Waals surface area contributed by atoms with Gasteiger partial charge in [0.25, 0.3) is 0 Å². The van der Waals surface area contributed by atoms with Gasteiger partial charge in [-0.3, -0.25) is 4.90 Å². The molecule has 0 N–H and O–H groups in total. The van der Waals surface area contributed by atoms with Gasteiger partial charge in [-0.1, -0.05) is 18.2 Å². The molecule has 142 valence electrons. The lowest BCUT2D eigenvalue weighted by Crippen LogP contribution is -2.34. The van der Waals surface area contributed by atoms with E-state index in [-0.39, 0.29) is 11.6 Å². The van der Waals surface area contributed by atoms with E-state index in [0.29, 0.717) is 0 Å². The van der Waals surface area contributed by atoms with Crippen molar-refractivity contribution in [1.82, 2.24) is 34.0 Å². The molecule has 1 fully saturated rings. The highest BCUT2D eigenvalue weighted by Crippen LogP contribution is 2.28. The summed E-state index contributed by atoms with van der Waals surface area (Å²) in [5, 5.41) is 8.81. The molecule has 1 aliphatic rings. The van der Waals surface area contributed by atoms with Crippen molar-refractivity contribution in [3.63, 3.8) is 0 Å². The van der Waals surface area contributed by atoms with Gasteiger partial charge in [0.15, 0.2) is 0 Å². The molecular formula is C19H25N7O. The summed E-state index contributed by atoms with van der Waals surface area (Å²) in [4.78, 5) is 19.4. The number of aromatic nitrogens is 6. The third-order valence-corrected chi connectivity index (χ3v) is 5.28. The highest BCUT2D eigenvalue weighted by molar-refractivity contribution is 5.33. The predicted molar refractivity (Wildman–Crippen MR) is 102 cm³/mol. The van der Waals surface area contributed by atoms with Crippen LogP contribution in [0.15, 0.2) is 41.5 Å². The third-order valence-electron chi connectivity index (χ3n) is 5.28. The summed E-state index contributed by atoms with van der Waals surface area (Å²) in [6.07, 6.45) is 3.57. The van der Waals surface area contributed by atoms with Gasteiger partial charge in [0.2, 0.25) is 0 Å². The van der Waals surface area contributed by atoms with E-state index in [4.69, 9.17) is 0 Å². The lowest BCUT2D eigenvalue weighted by atomic mass is 9.95. The fourth-order valence-corrected chi connectivity index (χ4v) is 3.79. The Bertz CT molecular complexity index is 948. The maximum absolute atomic E-state index is 12.6. The number of para-hydroxylation sites is 1. The Labute approximate surface area is 158 Å². The van der Waals surface area contributed by atoms with Gasteiger partial charge in [-0.25, -0.2) is 23.7 Å². The predicted octanol–water partition coefficient (Wildman–Crippen LogP) is 1.56. The van der Waals surface area contributed by atoms with E-state index in [9.17, 15) is 4.79 Å². The monoisotopic (exact) mass is 367 g/mol. The second-order valence-electron chi connectivity index (χ2n) is 6.98. The Morgan fingerprint density at radius 1 is 1.15 bits per heavy atom. The van der Waals surface area contributed by atoms with Gasteiger partial charge in [0, 0.05) is 19.5 Å². The maximum atomic E-state index is 12.6. The average molecular weight is 367 g/mol. The first-order chi connectivity index (χ1) is 13.2. The molecule has 1 aromatic carbocycles. The quantitative estimate of drug-likeness (QED) is 0.684. The molecule has 0 atom stereocenters. The first kappa shape index (κ1) is 17.7. The minimum absolute atomic E-state index is 0.0883. The van der Waals surface area contributed by atoms with Gasteiger partial charge in [0.05, 0.1) is 12.2 Å². The molecule has 0 bridgehead atoms. The summed E-state index contributed by atoms with van der Waals surface area (Å²) in [6.45, 7) is 5.65. The highest BCUT2D eigenvalue weighted by atomic mass is 16.2. The van der Waals surface area contributed by atoms with E-state index in [2.05, 4.69) is 27.0 Å². The first-order valence-corrected chi connectivity index (χ1v) is 9.47. The van der Waals surface area contributed by atoms with Crippen LogP contribution in [0.5, 0.6) is 0 Å². The zero-order valence-electron chi connectivity index (χ0n) is 15.8. The molecule has 0 radical (unpaired) electrons. The van der Waals surface area contributed by atoms with E-state index >= 15 is 0 Å². The maximum Gasteiger partial charge on any atom is 0.350 e. The molecule has 8 heteroatoms. The molecule has 0 amide bonds. The van der Waals surface area contributed by atoms with E-state index in [0.717, 1.165) is 56.4 Å². The van der Waals surface area contributed by atoms with Gasteiger partial charge in [-0.05, 0) is 45.0 Å². The summed E-state index contributed by atoms with van der Waals surface area (Å²) in [5.74, 6) is 2.15. The van der Waals surface area contributed by atoms with Crippen molar-refractivity contribution in [2.24, 2.45) is 7.05 Å². The van der Waals surface area contributed by atoms with Crippen LogP contribution in [0.2, 0.25) is 0 Å². The molecular weight excluding hydrogens is 342 g/mol. The molecule has 27 heavy (non-hydrogen) atoms. The van der Waals surface area contributed by atoms with Crippen molar-refractivity contribution < 1.29 is 0 Å². The standard InChI is InChI=1S/C19H25N7O/c1-3-25-17(20-14-21-25)13-24-11-9-15(10-12-24)18-22-23(2)19(27)26(18)16-7-5-4-6-8-16/h4-8,14-15H,3,9-13H2,1-2H3. The van der Waals surface area contributed by atoms with E-state index in [1.807, 2.05) is 35.0 Å². The van der Waals surface area contributed by atoms with Crippen LogP contribution in [0.1, 0.15) is 37.3 Å². The summed E-state index contributed by atoms with van der Waals surface area (Å²) in [5.41, 5.74) is 0.791. The smallest absolute Gasteiger partial charge is 0.296 e. The molecule has 3 heterocycles. The molecule has 0 unspecified atom stereocenters. The number of benzene rings is 1. The van der Waals surface area contributed by atoms with Crippen molar-refractivity contribution in [2.45, 2.75) is 38.8 Å². The Morgan fingerprint density at radius 2 is 1.89 bits per heavy atom. The molecule has 8 nitrogen and oxygen atoms in total. The number of rotatable bonds is 5. The third kappa shape index (κ3) is 3.44. The van der Waals surface area contributed by atoms with Crippen LogP contribution in [0.4, 0.5) is 0 Å². The van der Waals surface area contributed by atoms with Crippen molar-refractivity contribution >= 4 is 0 Å². The number of aryl methyl sites for hydroxylation is 2. The van der Waals surface area contributed by atoms with Crippen LogP contribution >= 0.6 is 0 Å². The van der Waals surface area contributed by atoms with Crippen molar-refractivity contribution in [3.8, 4) is 5.69 Å². The van der Waals surface area contributed by atoms with Crippen molar-refractivity contribution in [2.75, 3.05) is 13.1 Å². The van der Waals surface area contributed by atoms with Gasteiger partial charge >= 0.3 is 5.69 Å². The van der Waals surface area contributed by atoms with Crippen LogP contribution in [-0.4, -0.2) is 47.1 Å². The molecule has 0 saturated carbocycles. The Balaban J connectivity index is 1.50. The Hall–Kier alpha value is -2.74. The van der Waals surface area contributed by atoms with Crippen LogP contribution in [0.25, 0.3) is 5.69 Å². The van der Waals surface area contributed by atoms with E-state index in [1.165, 1.54) is 4.68 Å². The lowest BCUT2D eigenvalue weighted by molar-refractivity contribution is 0.193. The summed E-state index contributed by atoms with van der Waals surface area (Å²) < 4.78 is 5.14. The Morgan fingerprint density at radius 3 is 2.59 bits per heavy atom. The minimum atomic E-state index is -0.0883. The van der Waals surface area contributed by atoms with Gasteiger partial charge in [-0.2, -0.15) is 10.2 Å². The minimum Gasteiger partial charge on any atom is -0.296 e. The fraction of sp³-hybridized carbons (Fsp3) is 0.474. The zero-order valence-corrected chi connectivity index (χ0v) is 15.8. The van der Waals surface area contributed by atoms with Crippen LogP contribution < -0.4 is 5.69 Å². The number of nitrogens with zero attached hydrogens (tertiary/aromatic N) is 7. The van der Waals surface area contributed by atoms with Gasteiger partial charge in [-0.15, -0.1) is 0 Å². The van der Waals surface area contributed by atoms with Crippen LogP contribution in [0.3, 0.4) is 0 Å². The highest BCUT2D eigenvalue weighted by Gasteiger charge is 2.27. The molecule has 0 aliphatic carbocycles. The molecule has 3 aromatic rings. The summed E-state index contributed by atoms with van der Waals surface area (Å²) >= 11 is 0. The van der Waals surface area contributed by atoms with E-state index < -0.39 is 0 Å². The molecule has 4 rings (SSSR count). The zero-order chi connectivity index (χ0) is 18.8. The summed E-state index contributed by atoms with van der Waals surface area (Å²) in [7, 11) is 1.72. The molecule has 1 aliphatic heterocycles. The number of hydrogen-bond acceptors (Lipinski definition) is 5. The topological polar surface area (TPSA) is 73.8 Å². The summed E-state index contributed by atoms with van der Waals surface area (Å²) in [6, 6.07) is 9.77. The van der Waals surface area contributed by atoms with E-state index in [1.54, 1.807) is 17.9 Å². The second kappa shape index (κ2) is 7.48. The SMILES string of the molecule is CCn1ncnc1CN1CCC(c2nn(C)c(=O)n2-c2ccccc2)CC1. The normalized spacial score (nSPS) is 16.1. The number of likely N-dealkylation sites (tertiary alicyclic amines) is 1. The molecule has 0 spiro atoms.